The Kier molecular flexibility index (Phi) is 9.11. The zero-order chi connectivity index (χ0) is 33.1. The number of esters is 1. The Hall–Kier alpha value is -2.27. The Morgan fingerprint density at radius 2 is 1.83 bits per heavy atom. The van der Waals surface area contributed by atoms with Gasteiger partial charge >= 0.3 is 11.6 Å². The van der Waals surface area contributed by atoms with Crippen molar-refractivity contribution in [3.8, 4) is 5.75 Å². The van der Waals surface area contributed by atoms with Crippen molar-refractivity contribution in [2.45, 2.75) is 131 Å². The number of hydrogen-bond donors (Lipinski definition) is 0. The van der Waals surface area contributed by atoms with Crippen LogP contribution in [0.1, 0.15) is 123 Å². The predicted octanol–water partition coefficient (Wildman–Crippen LogP) is 10.3. The monoisotopic (exact) mass is 662 g/mol. The number of carbonyl (C=O) groups is 1. The third-order valence-electron chi connectivity index (χ3n) is 13.9. The summed E-state index contributed by atoms with van der Waals surface area (Å²) in [4.78, 5) is 25.4. The fraction of sp³-hybridized carbons (Fsp3) is 0.707. The largest absolute Gasteiger partial charge is 0.480 e. The lowest BCUT2D eigenvalue weighted by atomic mass is 9.47. The van der Waals surface area contributed by atoms with Gasteiger partial charge in [0.25, 0.3) is 0 Å². The third kappa shape index (κ3) is 5.99. The van der Waals surface area contributed by atoms with Crippen LogP contribution in [0.25, 0.3) is 11.0 Å². The third-order valence-corrected chi connectivity index (χ3v) is 14.2. The molecule has 0 N–H and O–H groups in total. The van der Waals surface area contributed by atoms with Gasteiger partial charge < -0.3 is 13.9 Å². The van der Waals surface area contributed by atoms with Crippen molar-refractivity contribution in [2.24, 2.45) is 46.3 Å². The number of rotatable bonds is 9. The molecule has 2 aromatic rings. The Balaban J connectivity index is 0.966. The van der Waals surface area contributed by atoms with Gasteiger partial charge in [-0.05, 0) is 122 Å². The molecule has 0 spiro atoms. The molecule has 0 saturated heterocycles. The molecule has 3 saturated carbocycles. The fourth-order valence-corrected chi connectivity index (χ4v) is 11.7. The highest BCUT2D eigenvalue weighted by atomic mass is 35.5. The van der Waals surface area contributed by atoms with Gasteiger partial charge in [0.1, 0.15) is 17.4 Å². The summed E-state index contributed by atoms with van der Waals surface area (Å²) in [5.41, 5.74) is 4.16. The quantitative estimate of drug-likeness (QED) is 0.152. The summed E-state index contributed by atoms with van der Waals surface area (Å²) in [5, 5.41) is 1.26. The fourth-order valence-electron chi connectivity index (χ4n) is 11.5. The van der Waals surface area contributed by atoms with Gasteiger partial charge in [-0.15, -0.1) is 0 Å². The molecule has 0 bridgehead atoms. The van der Waals surface area contributed by atoms with E-state index in [1.54, 1.807) is 12.1 Å². The van der Waals surface area contributed by atoms with Crippen LogP contribution in [0.3, 0.4) is 0 Å². The summed E-state index contributed by atoms with van der Waals surface area (Å²) in [6.45, 7) is 12.2. The lowest BCUT2D eigenvalue weighted by Crippen LogP contribution is -2.51. The zero-order valence-corrected chi connectivity index (χ0v) is 30.1. The van der Waals surface area contributed by atoms with Crippen LogP contribution < -0.4 is 10.4 Å². The number of aryl methyl sites for hydroxylation is 1. The smallest absolute Gasteiger partial charge is 0.344 e. The minimum absolute atomic E-state index is 0.119. The molecular weight excluding hydrogens is 608 g/mol. The maximum atomic E-state index is 13.0. The van der Waals surface area contributed by atoms with Crippen molar-refractivity contribution in [1.29, 1.82) is 0 Å². The molecule has 5 nitrogen and oxygen atoms in total. The van der Waals surface area contributed by atoms with Crippen molar-refractivity contribution in [1.82, 2.24) is 0 Å². The van der Waals surface area contributed by atoms with Crippen molar-refractivity contribution in [2.75, 3.05) is 6.61 Å². The number of ether oxygens (including phenoxy) is 2. The SMILES string of the molecule is CC(C)CCC[C@@H](C)[C@H]1CC[C@@H]2[C@@H]3CC=C4C[C@@H](OC(=O)COc5cc6oc(=O)c7c(c6cc5Cl)CCC7)CC[C@]4(C)[C@H]3CC[C@@]21C. The highest BCUT2D eigenvalue weighted by molar-refractivity contribution is 6.32. The van der Waals surface area contributed by atoms with E-state index in [-0.39, 0.29) is 29.7 Å². The van der Waals surface area contributed by atoms with Crippen LogP contribution >= 0.6 is 11.6 Å². The van der Waals surface area contributed by atoms with E-state index in [0.29, 0.717) is 21.8 Å². The van der Waals surface area contributed by atoms with Gasteiger partial charge in [-0.2, -0.15) is 0 Å². The number of hydrogen-bond acceptors (Lipinski definition) is 5. The van der Waals surface area contributed by atoms with E-state index < -0.39 is 0 Å². The zero-order valence-electron chi connectivity index (χ0n) is 29.3. The normalized spacial score (nSPS) is 33.5. The van der Waals surface area contributed by atoms with E-state index in [9.17, 15) is 9.59 Å². The minimum Gasteiger partial charge on any atom is -0.480 e. The molecule has 0 unspecified atom stereocenters. The van der Waals surface area contributed by atoms with Gasteiger partial charge in [0.2, 0.25) is 0 Å². The Bertz CT molecular complexity index is 1600. The number of carbonyl (C=O) groups excluding carboxylic acids is 1. The summed E-state index contributed by atoms with van der Waals surface area (Å²) in [5.74, 6) is 4.84. The van der Waals surface area contributed by atoms with E-state index in [2.05, 4.69) is 40.7 Å². The first-order valence-corrected chi connectivity index (χ1v) is 19.2. The number of fused-ring (bicyclic) bond motifs is 8. The standard InChI is InChI=1S/C41H55ClO5/c1-24(2)8-6-9-25(3)32-14-15-33-30-13-12-26-20-27(16-18-40(26,4)34(30)17-19-41(32,33)5)46-38(43)23-45-37-22-36-31(21-35(37)42)28-10-7-11-29(28)39(44)47-36/h12,21-22,24-25,27,30,32-34H,6-11,13-20,23H2,1-5H3/t25-,27+,30+,32-,33-,34+,40+,41-/m1/s1. The second-order valence-electron chi connectivity index (χ2n) is 16.9. The second kappa shape index (κ2) is 12.9. The van der Waals surface area contributed by atoms with Gasteiger partial charge in [0.05, 0.1) is 5.02 Å². The Labute approximate surface area is 286 Å². The molecule has 7 rings (SSSR count). The Morgan fingerprint density at radius 3 is 2.64 bits per heavy atom. The molecule has 0 amide bonds. The first kappa shape index (κ1) is 33.2. The second-order valence-corrected chi connectivity index (χ2v) is 17.3. The van der Waals surface area contributed by atoms with E-state index in [0.717, 1.165) is 90.5 Å². The van der Waals surface area contributed by atoms with Gasteiger partial charge in [-0.3, -0.25) is 0 Å². The van der Waals surface area contributed by atoms with Crippen molar-refractivity contribution in [3.05, 3.63) is 50.4 Å². The van der Waals surface area contributed by atoms with Crippen LogP contribution in [-0.4, -0.2) is 18.7 Å². The highest BCUT2D eigenvalue weighted by Gasteiger charge is 2.59. The molecule has 8 atom stereocenters. The molecule has 6 heteroatoms. The van der Waals surface area contributed by atoms with E-state index in [1.807, 2.05) is 0 Å². The number of benzene rings is 1. The number of halogens is 1. The first-order valence-electron chi connectivity index (χ1n) is 18.8. The summed E-state index contributed by atoms with van der Waals surface area (Å²) in [6, 6.07) is 3.43. The Morgan fingerprint density at radius 1 is 1.02 bits per heavy atom. The first-order chi connectivity index (χ1) is 22.5. The lowest BCUT2D eigenvalue weighted by Gasteiger charge is -2.58. The van der Waals surface area contributed by atoms with Gasteiger partial charge in [-0.25, -0.2) is 9.59 Å². The van der Waals surface area contributed by atoms with Gasteiger partial charge in [-0.1, -0.05) is 77.1 Å². The molecule has 5 aliphatic rings. The molecule has 5 aliphatic carbocycles. The van der Waals surface area contributed by atoms with Crippen molar-refractivity contribution < 1.29 is 18.7 Å². The van der Waals surface area contributed by atoms with Gasteiger partial charge in [0.15, 0.2) is 6.61 Å². The van der Waals surface area contributed by atoms with Crippen LogP contribution in [0.4, 0.5) is 0 Å². The lowest BCUT2D eigenvalue weighted by molar-refractivity contribution is -0.153. The summed E-state index contributed by atoms with van der Waals surface area (Å²) in [6.07, 6.45) is 18.6. The van der Waals surface area contributed by atoms with Crippen molar-refractivity contribution in [3.63, 3.8) is 0 Å². The van der Waals surface area contributed by atoms with E-state index in [4.69, 9.17) is 25.5 Å². The van der Waals surface area contributed by atoms with E-state index >= 15 is 0 Å². The van der Waals surface area contributed by atoms with E-state index in [1.165, 1.54) is 56.9 Å². The van der Waals surface area contributed by atoms with Crippen molar-refractivity contribution >= 4 is 28.5 Å². The van der Waals surface area contributed by atoms with Crippen LogP contribution in [-0.2, 0) is 22.4 Å². The van der Waals surface area contributed by atoms with Crippen LogP contribution in [0.15, 0.2) is 33.0 Å². The number of allylic oxidation sites excluding steroid dienone is 1. The average Bonchev–Trinajstić information content (AvgIpc) is 3.66. The predicted molar refractivity (Wildman–Crippen MR) is 188 cm³/mol. The minimum atomic E-state index is -0.382. The van der Waals surface area contributed by atoms with Crippen LogP contribution in [0.5, 0.6) is 5.75 Å². The summed E-state index contributed by atoms with van der Waals surface area (Å²) < 4.78 is 17.4. The summed E-state index contributed by atoms with van der Waals surface area (Å²) in [7, 11) is 0. The van der Waals surface area contributed by atoms with Gasteiger partial charge in [0, 0.05) is 23.4 Å². The maximum absolute atomic E-state index is 13.0. The molecule has 1 heterocycles. The molecule has 3 fully saturated rings. The molecule has 47 heavy (non-hydrogen) atoms. The maximum Gasteiger partial charge on any atom is 0.344 e. The molecule has 0 radical (unpaired) electrons. The molecular formula is C41H55ClO5. The average molecular weight is 663 g/mol. The topological polar surface area (TPSA) is 65.7 Å². The van der Waals surface area contributed by atoms with Crippen LogP contribution in [0.2, 0.25) is 5.02 Å². The molecule has 0 aliphatic heterocycles. The highest BCUT2D eigenvalue weighted by Crippen LogP contribution is 2.67. The molecule has 256 valence electrons. The molecule has 1 aromatic carbocycles. The van der Waals surface area contributed by atoms with Crippen LogP contribution in [0, 0.1) is 46.3 Å². The molecule has 1 aromatic heterocycles. The summed E-state index contributed by atoms with van der Waals surface area (Å²) >= 11 is 6.56.